The molecule has 2 N–H and O–H groups in total. The van der Waals surface area contributed by atoms with Gasteiger partial charge in [-0.1, -0.05) is 18.9 Å². The third kappa shape index (κ3) is 3.86. The van der Waals surface area contributed by atoms with Crippen LogP contribution in [0, 0.1) is 0 Å². The Kier molecular flexibility index (Phi) is 5.64. The summed E-state index contributed by atoms with van der Waals surface area (Å²) in [6, 6.07) is 5.68. The molecule has 0 spiro atoms. The van der Waals surface area contributed by atoms with Crippen molar-refractivity contribution in [1.82, 2.24) is 25.3 Å². The fourth-order valence-electron chi connectivity index (χ4n) is 4.09. The van der Waals surface area contributed by atoms with Crippen molar-refractivity contribution in [3.05, 3.63) is 39.8 Å². The van der Waals surface area contributed by atoms with Crippen molar-refractivity contribution in [2.75, 3.05) is 13.6 Å². The average Bonchev–Trinajstić information content (AvgIpc) is 3.48. The van der Waals surface area contributed by atoms with E-state index in [2.05, 4.69) is 15.7 Å². The first-order chi connectivity index (χ1) is 14.4. The van der Waals surface area contributed by atoms with Crippen LogP contribution in [0.15, 0.2) is 23.6 Å². The molecule has 1 saturated carbocycles. The highest BCUT2D eigenvalue weighted by Crippen LogP contribution is 2.27. The molecule has 0 saturated heterocycles. The molecule has 160 valence electrons. The summed E-state index contributed by atoms with van der Waals surface area (Å²) in [5.41, 5.74) is -0.531. The number of amides is 3. The third-order valence-electron chi connectivity index (χ3n) is 6.15. The number of carbonyl (C=O) groups excluding carboxylic acids is 3. The first-order valence-electron chi connectivity index (χ1n) is 10.4. The molecular weight excluding hydrogens is 402 g/mol. The molecule has 3 heterocycles. The number of carbonyl (C=O) groups is 3. The molecule has 8 nitrogen and oxygen atoms in total. The maximum Gasteiger partial charge on any atom is 0.272 e. The molecule has 0 bridgehead atoms. The number of likely N-dealkylation sites (N-methyl/N-ethyl adjacent to an activating group) is 1. The van der Waals surface area contributed by atoms with Gasteiger partial charge in [0, 0.05) is 30.6 Å². The van der Waals surface area contributed by atoms with E-state index >= 15 is 0 Å². The zero-order valence-electron chi connectivity index (χ0n) is 17.3. The Bertz CT molecular complexity index is 948. The van der Waals surface area contributed by atoms with E-state index in [0.29, 0.717) is 12.2 Å². The van der Waals surface area contributed by atoms with Gasteiger partial charge in [0.05, 0.1) is 6.54 Å². The molecule has 1 atom stereocenters. The molecule has 3 amide bonds. The lowest BCUT2D eigenvalue weighted by Crippen LogP contribution is -2.63. The van der Waals surface area contributed by atoms with E-state index in [-0.39, 0.29) is 36.0 Å². The monoisotopic (exact) mass is 429 g/mol. The van der Waals surface area contributed by atoms with Gasteiger partial charge in [0.25, 0.3) is 11.8 Å². The van der Waals surface area contributed by atoms with Crippen molar-refractivity contribution in [3.8, 4) is 0 Å². The van der Waals surface area contributed by atoms with Crippen LogP contribution in [0.3, 0.4) is 0 Å². The highest BCUT2D eigenvalue weighted by atomic mass is 32.1. The second-order valence-electron chi connectivity index (χ2n) is 8.25. The minimum Gasteiger partial charge on any atom is -0.351 e. The number of fused-ring (bicyclic) bond motifs is 1. The van der Waals surface area contributed by atoms with Crippen molar-refractivity contribution in [2.24, 2.45) is 0 Å². The summed E-state index contributed by atoms with van der Waals surface area (Å²) in [5, 5.41) is 12.3. The smallest absolute Gasteiger partial charge is 0.272 e. The van der Waals surface area contributed by atoms with Crippen LogP contribution in [-0.2, 0) is 17.8 Å². The molecule has 1 aliphatic heterocycles. The Morgan fingerprint density at radius 3 is 2.80 bits per heavy atom. The van der Waals surface area contributed by atoms with Crippen LogP contribution in [-0.4, -0.2) is 57.6 Å². The first-order valence-corrected chi connectivity index (χ1v) is 11.2. The van der Waals surface area contributed by atoms with Crippen LogP contribution in [0.2, 0.25) is 0 Å². The largest absolute Gasteiger partial charge is 0.351 e. The fourth-order valence-corrected chi connectivity index (χ4v) is 4.80. The minimum atomic E-state index is -1.05. The Labute approximate surface area is 179 Å². The molecule has 0 radical (unpaired) electrons. The van der Waals surface area contributed by atoms with Gasteiger partial charge in [0.15, 0.2) is 5.69 Å². The maximum atomic E-state index is 13.0. The Balaban J connectivity index is 1.45. The lowest BCUT2D eigenvalue weighted by atomic mass is 9.95. The number of hydrogen-bond acceptors (Lipinski definition) is 5. The standard InChI is InChI=1S/C21H27N5O3S/c1-21(20(29)23-14-6-3-4-7-14)13-26-17(19(28)25(21)2)12-16(24-26)18(27)22-10-9-15-8-5-11-30-15/h5,8,11-12,14H,3-4,6-7,9-10,13H2,1-2H3,(H,22,27)(H,23,29)/t21-/m0/s1. The Hall–Kier alpha value is -2.68. The molecule has 9 heteroatoms. The van der Waals surface area contributed by atoms with Gasteiger partial charge in [-0.25, -0.2) is 0 Å². The average molecular weight is 430 g/mol. The summed E-state index contributed by atoms with van der Waals surface area (Å²) in [6.45, 7) is 2.46. The topological polar surface area (TPSA) is 96.3 Å². The number of aromatic nitrogens is 2. The lowest BCUT2D eigenvalue weighted by Gasteiger charge is -2.41. The Morgan fingerprint density at radius 2 is 2.10 bits per heavy atom. The summed E-state index contributed by atoms with van der Waals surface area (Å²) < 4.78 is 1.49. The number of nitrogens with zero attached hydrogens (tertiary/aromatic N) is 3. The van der Waals surface area contributed by atoms with Gasteiger partial charge >= 0.3 is 0 Å². The quantitative estimate of drug-likeness (QED) is 0.732. The molecule has 1 fully saturated rings. The SMILES string of the molecule is CN1C(=O)c2cc(C(=O)NCCc3cccs3)nn2C[C@@]1(C)C(=O)NC1CCCC1. The maximum absolute atomic E-state index is 13.0. The molecule has 0 unspecified atom stereocenters. The molecular formula is C21H27N5O3S. The molecule has 4 rings (SSSR count). The van der Waals surface area contributed by atoms with E-state index < -0.39 is 5.54 Å². The van der Waals surface area contributed by atoms with Gasteiger partial charge in [-0.2, -0.15) is 5.10 Å². The number of nitrogens with one attached hydrogen (secondary N) is 2. The minimum absolute atomic E-state index is 0.168. The Morgan fingerprint density at radius 1 is 1.33 bits per heavy atom. The summed E-state index contributed by atoms with van der Waals surface area (Å²) in [6.07, 6.45) is 4.93. The molecule has 1 aliphatic carbocycles. The number of rotatable bonds is 6. The van der Waals surface area contributed by atoms with Gasteiger partial charge in [-0.05, 0) is 37.6 Å². The van der Waals surface area contributed by atoms with Crippen molar-refractivity contribution in [2.45, 2.75) is 57.2 Å². The van der Waals surface area contributed by atoms with E-state index in [9.17, 15) is 14.4 Å². The second-order valence-corrected chi connectivity index (χ2v) is 9.28. The molecule has 2 aromatic heterocycles. The van der Waals surface area contributed by atoms with E-state index in [1.54, 1.807) is 25.3 Å². The normalized spacial score (nSPS) is 21.5. The van der Waals surface area contributed by atoms with Crippen molar-refractivity contribution < 1.29 is 14.4 Å². The van der Waals surface area contributed by atoms with Gasteiger partial charge in [0.2, 0.25) is 5.91 Å². The molecule has 0 aromatic carbocycles. The van der Waals surface area contributed by atoms with Crippen LogP contribution in [0.25, 0.3) is 0 Å². The van der Waals surface area contributed by atoms with Crippen LogP contribution in [0.5, 0.6) is 0 Å². The van der Waals surface area contributed by atoms with Crippen molar-refractivity contribution in [1.29, 1.82) is 0 Å². The predicted molar refractivity (Wildman–Crippen MR) is 113 cm³/mol. The molecule has 2 aromatic rings. The molecule has 2 aliphatic rings. The first kappa shape index (κ1) is 20.6. The predicted octanol–water partition coefficient (Wildman–Crippen LogP) is 1.82. The number of hydrogen-bond donors (Lipinski definition) is 2. The summed E-state index contributed by atoms with van der Waals surface area (Å²) in [7, 11) is 1.63. The zero-order chi connectivity index (χ0) is 21.3. The second kappa shape index (κ2) is 8.22. The number of thiophene rings is 1. The molecule has 30 heavy (non-hydrogen) atoms. The summed E-state index contributed by atoms with van der Waals surface area (Å²) >= 11 is 1.65. The van der Waals surface area contributed by atoms with E-state index in [0.717, 1.165) is 32.1 Å². The zero-order valence-corrected chi connectivity index (χ0v) is 18.1. The van der Waals surface area contributed by atoms with E-state index in [1.807, 2.05) is 17.5 Å². The van der Waals surface area contributed by atoms with Crippen molar-refractivity contribution in [3.63, 3.8) is 0 Å². The van der Waals surface area contributed by atoms with Gasteiger partial charge in [0.1, 0.15) is 11.2 Å². The third-order valence-corrected chi connectivity index (χ3v) is 7.09. The fraction of sp³-hybridized carbons (Fsp3) is 0.524. The van der Waals surface area contributed by atoms with Gasteiger partial charge in [-0.3, -0.25) is 19.1 Å². The van der Waals surface area contributed by atoms with Crippen molar-refractivity contribution >= 4 is 29.1 Å². The van der Waals surface area contributed by atoms with E-state index in [4.69, 9.17) is 0 Å². The van der Waals surface area contributed by atoms with Crippen LogP contribution in [0.4, 0.5) is 0 Å². The highest BCUT2D eigenvalue weighted by Gasteiger charge is 2.46. The van der Waals surface area contributed by atoms with Crippen LogP contribution < -0.4 is 10.6 Å². The summed E-state index contributed by atoms with van der Waals surface area (Å²) in [5.74, 6) is -0.801. The lowest BCUT2D eigenvalue weighted by molar-refractivity contribution is -0.133. The van der Waals surface area contributed by atoms with Gasteiger partial charge in [-0.15, -0.1) is 11.3 Å². The van der Waals surface area contributed by atoms with Crippen LogP contribution in [0.1, 0.15) is 58.5 Å². The highest BCUT2D eigenvalue weighted by molar-refractivity contribution is 7.09. The van der Waals surface area contributed by atoms with Gasteiger partial charge < -0.3 is 15.5 Å². The van der Waals surface area contributed by atoms with E-state index in [1.165, 1.54) is 20.5 Å². The van der Waals surface area contributed by atoms with Crippen LogP contribution >= 0.6 is 11.3 Å². The summed E-state index contributed by atoms with van der Waals surface area (Å²) in [4.78, 5) is 41.1.